The Morgan fingerprint density at radius 3 is 2.59 bits per heavy atom. The molecule has 1 atom stereocenters. The summed E-state index contributed by atoms with van der Waals surface area (Å²) < 4.78 is 0. The SMILES string of the molecule is N#CCC1(c2ccccc2Cl)C(=O)N(N)c2ccc(Cl)cc21. The van der Waals surface area contributed by atoms with Gasteiger partial charge in [-0.2, -0.15) is 5.26 Å². The summed E-state index contributed by atoms with van der Waals surface area (Å²) in [5.41, 5.74) is 0.452. The summed E-state index contributed by atoms with van der Waals surface area (Å²) in [6.45, 7) is 0. The van der Waals surface area contributed by atoms with E-state index < -0.39 is 5.41 Å². The smallest absolute Gasteiger partial charge is 0.257 e. The van der Waals surface area contributed by atoms with E-state index in [9.17, 15) is 10.1 Å². The van der Waals surface area contributed by atoms with Crippen molar-refractivity contribution in [3.05, 3.63) is 63.6 Å². The van der Waals surface area contributed by atoms with Crippen molar-refractivity contribution in [3.63, 3.8) is 0 Å². The van der Waals surface area contributed by atoms with Crippen molar-refractivity contribution in [1.29, 1.82) is 5.26 Å². The number of benzene rings is 2. The van der Waals surface area contributed by atoms with Crippen molar-refractivity contribution in [2.24, 2.45) is 5.84 Å². The number of halogens is 2. The minimum Gasteiger partial charge on any atom is -0.272 e. The number of rotatable bonds is 2. The molecule has 0 aromatic heterocycles. The molecule has 110 valence electrons. The third-order valence-electron chi connectivity index (χ3n) is 3.94. The second kappa shape index (κ2) is 5.29. The number of carbonyl (C=O) groups is 1. The van der Waals surface area contributed by atoms with Gasteiger partial charge in [0.1, 0.15) is 5.41 Å². The monoisotopic (exact) mass is 331 g/mol. The summed E-state index contributed by atoms with van der Waals surface area (Å²) in [7, 11) is 0. The highest BCUT2D eigenvalue weighted by Gasteiger charge is 2.52. The molecule has 1 unspecified atom stereocenters. The zero-order valence-electron chi connectivity index (χ0n) is 11.4. The largest absolute Gasteiger partial charge is 0.272 e. The minimum absolute atomic E-state index is 0.0728. The standard InChI is InChI=1S/C16H11Cl2N3O/c17-10-5-6-14-12(9-10)16(7-8-19,15(22)21(14)20)11-3-1-2-4-13(11)18/h1-6,9H,7,20H2. The van der Waals surface area contributed by atoms with E-state index in [1.54, 1.807) is 42.5 Å². The maximum atomic E-state index is 12.9. The van der Waals surface area contributed by atoms with Crippen molar-refractivity contribution in [2.75, 3.05) is 5.01 Å². The second-order valence-corrected chi connectivity index (χ2v) is 5.90. The van der Waals surface area contributed by atoms with Gasteiger partial charge in [-0.25, -0.2) is 10.9 Å². The van der Waals surface area contributed by atoms with E-state index in [-0.39, 0.29) is 12.3 Å². The van der Waals surface area contributed by atoms with E-state index >= 15 is 0 Å². The molecule has 2 N–H and O–H groups in total. The topological polar surface area (TPSA) is 70.1 Å². The van der Waals surface area contributed by atoms with Crippen LogP contribution in [0.2, 0.25) is 10.0 Å². The third kappa shape index (κ3) is 1.91. The van der Waals surface area contributed by atoms with Gasteiger partial charge in [-0.1, -0.05) is 41.4 Å². The van der Waals surface area contributed by atoms with Crippen molar-refractivity contribution in [1.82, 2.24) is 0 Å². The Hall–Kier alpha value is -2.06. The lowest BCUT2D eigenvalue weighted by atomic mass is 9.73. The van der Waals surface area contributed by atoms with Crippen LogP contribution in [0, 0.1) is 11.3 Å². The lowest BCUT2D eigenvalue weighted by Gasteiger charge is -2.27. The molecule has 0 fully saturated rings. The lowest BCUT2D eigenvalue weighted by Crippen LogP contribution is -2.44. The highest BCUT2D eigenvalue weighted by Crippen LogP contribution is 2.49. The Morgan fingerprint density at radius 1 is 1.18 bits per heavy atom. The first kappa shape index (κ1) is 14.9. The molecular formula is C16H11Cl2N3O. The van der Waals surface area contributed by atoms with E-state index in [4.69, 9.17) is 29.0 Å². The van der Waals surface area contributed by atoms with Gasteiger partial charge in [-0.15, -0.1) is 0 Å². The van der Waals surface area contributed by atoms with Gasteiger partial charge in [0.15, 0.2) is 0 Å². The summed E-state index contributed by atoms with van der Waals surface area (Å²) in [6, 6.07) is 14.0. The van der Waals surface area contributed by atoms with Gasteiger partial charge in [0.05, 0.1) is 18.2 Å². The quantitative estimate of drug-likeness (QED) is 0.677. The summed E-state index contributed by atoms with van der Waals surface area (Å²) in [6.07, 6.45) is -0.0728. The summed E-state index contributed by atoms with van der Waals surface area (Å²) in [4.78, 5) is 12.9. The Morgan fingerprint density at radius 2 is 1.91 bits per heavy atom. The van der Waals surface area contributed by atoms with E-state index in [1.807, 2.05) is 0 Å². The minimum atomic E-state index is -1.23. The summed E-state index contributed by atoms with van der Waals surface area (Å²) in [5, 5.41) is 11.2. The number of nitriles is 1. The van der Waals surface area contributed by atoms with Crippen LogP contribution in [0.25, 0.3) is 0 Å². The fourth-order valence-corrected chi connectivity index (χ4v) is 3.41. The molecule has 0 spiro atoms. The van der Waals surface area contributed by atoms with E-state index in [2.05, 4.69) is 6.07 Å². The van der Waals surface area contributed by atoms with Gasteiger partial charge in [0.2, 0.25) is 0 Å². The maximum absolute atomic E-state index is 12.9. The average Bonchev–Trinajstić information content (AvgIpc) is 2.71. The highest BCUT2D eigenvalue weighted by molar-refractivity contribution is 6.32. The van der Waals surface area contributed by atoms with Crippen LogP contribution >= 0.6 is 23.2 Å². The Bertz CT molecular complexity index is 815. The molecule has 0 saturated carbocycles. The molecule has 3 rings (SSSR count). The molecule has 0 aliphatic carbocycles. The second-order valence-electron chi connectivity index (χ2n) is 5.06. The number of hydrazine groups is 1. The van der Waals surface area contributed by atoms with E-state index in [0.29, 0.717) is 26.9 Å². The normalized spacial score (nSPS) is 19.9. The molecular weight excluding hydrogens is 321 g/mol. The summed E-state index contributed by atoms with van der Waals surface area (Å²) >= 11 is 12.4. The number of anilines is 1. The molecule has 0 bridgehead atoms. The van der Waals surface area contributed by atoms with E-state index in [1.165, 1.54) is 0 Å². The molecule has 1 aliphatic rings. The molecule has 1 amide bonds. The van der Waals surface area contributed by atoms with Crippen LogP contribution in [0.15, 0.2) is 42.5 Å². The predicted octanol–water partition coefficient (Wildman–Crippen LogP) is 3.41. The first-order valence-electron chi connectivity index (χ1n) is 6.53. The van der Waals surface area contributed by atoms with Crippen molar-refractivity contribution in [3.8, 4) is 6.07 Å². The van der Waals surface area contributed by atoms with Crippen LogP contribution in [-0.2, 0) is 10.2 Å². The molecule has 4 nitrogen and oxygen atoms in total. The van der Waals surface area contributed by atoms with Crippen molar-refractivity contribution in [2.45, 2.75) is 11.8 Å². The zero-order valence-corrected chi connectivity index (χ0v) is 12.9. The molecule has 2 aromatic rings. The zero-order chi connectivity index (χ0) is 15.9. The number of nitrogens with two attached hydrogens (primary N) is 1. The van der Waals surface area contributed by atoms with Crippen LogP contribution in [-0.4, -0.2) is 5.91 Å². The van der Waals surface area contributed by atoms with Gasteiger partial charge in [-0.05, 0) is 35.4 Å². The molecule has 0 radical (unpaired) electrons. The Balaban J connectivity index is 2.38. The lowest BCUT2D eigenvalue weighted by molar-refractivity contribution is -0.121. The Labute approximate surface area is 137 Å². The molecule has 0 saturated heterocycles. The highest BCUT2D eigenvalue weighted by atomic mass is 35.5. The van der Waals surface area contributed by atoms with Crippen LogP contribution in [0.3, 0.4) is 0 Å². The first-order chi connectivity index (χ1) is 10.5. The van der Waals surface area contributed by atoms with Crippen LogP contribution in [0.4, 0.5) is 5.69 Å². The summed E-state index contributed by atoms with van der Waals surface area (Å²) in [5.74, 6) is 5.53. The average molecular weight is 332 g/mol. The number of amides is 1. The number of hydrogen-bond donors (Lipinski definition) is 1. The maximum Gasteiger partial charge on any atom is 0.257 e. The molecule has 1 aliphatic heterocycles. The van der Waals surface area contributed by atoms with Crippen molar-refractivity contribution < 1.29 is 4.79 Å². The third-order valence-corrected chi connectivity index (χ3v) is 4.50. The van der Waals surface area contributed by atoms with Gasteiger partial charge >= 0.3 is 0 Å². The van der Waals surface area contributed by atoms with Gasteiger partial charge in [0, 0.05) is 10.0 Å². The van der Waals surface area contributed by atoms with Crippen LogP contribution < -0.4 is 10.9 Å². The molecule has 22 heavy (non-hydrogen) atoms. The number of fused-ring (bicyclic) bond motifs is 1. The number of nitrogens with zero attached hydrogens (tertiary/aromatic N) is 2. The van der Waals surface area contributed by atoms with Gasteiger partial charge < -0.3 is 0 Å². The molecule has 1 heterocycles. The van der Waals surface area contributed by atoms with Crippen LogP contribution in [0.5, 0.6) is 0 Å². The Kier molecular flexibility index (Phi) is 3.57. The van der Waals surface area contributed by atoms with Gasteiger partial charge in [-0.3, -0.25) is 4.79 Å². The number of carbonyl (C=O) groups excluding carboxylic acids is 1. The molecule has 2 aromatic carbocycles. The van der Waals surface area contributed by atoms with E-state index in [0.717, 1.165) is 5.01 Å². The fourth-order valence-electron chi connectivity index (χ4n) is 2.94. The first-order valence-corrected chi connectivity index (χ1v) is 7.29. The van der Waals surface area contributed by atoms with Gasteiger partial charge in [0.25, 0.3) is 5.91 Å². The predicted molar refractivity (Wildman–Crippen MR) is 85.6 cm³/mol. The van der Waals surface area contributed by atoms with Crippen LogP contribution in [0.1, 0.15) is 17.5 Å². The van der Waals surface area contributed by atoms with Crippen molar-refractivity contribution >= 4 is 34.8 Å². The fraction of sp³-hybridized carbons (Fsp3) is 0.125. The molecule has 6 heteroatoms. The number of hydrogen-bond acceptors (Lipinski definition) is 3.